The van der Waals surface area contributed by atoms with E-state index in [0.717, 1.165) is 11.3 Å². The molecule has 0 bridgehead atoms. The number of carbonyl (C=O) groups excluding carboxylic acids is 1. The van der Waals surface area contributed by atoms with Crippen molar-refractivity contribution in [2.24, 2.45) is 0 Å². The van der Waals surface area contributed by atoms with E-state index in [1.165, 1.54) is 18.2 Å². The Morgan fingerprint density at radius 2 is 1.76 bits per heavy atom. The zero-order valence-corrected chi connectivity index (χ0v) is 15.6. The largest absolute Gasteiger partial charge is 0.378 e. The fourth-order valence-electron chi connectivity index (χ4n) is 2.59. The van der Waals surface area contributed by atoms with Gasteiger partial charge in [-0.1, -0.05) is 29.8 Å². The van der Waals surface area contributed by atoms with E-state index in [1.807, 2.05) is 62.3 Å². The van der Waals surface area contributed by atoms with Crippen molar-refractivity contribution in [2.75, 3.05) is 39.6 Å². The van der Waals surface area contributed by atoms with Gasteiger partial charge in [-0.25, -0.2) is 4.39 Å². The number of hydrogen-bond acceptors (Lipinski definition) is 3. The number of halogens is 2. The van der Waals surface area contributed by atoms with Crippen LogP contribution < -0.4 is 10.2 Å². The van der Waals surface area contributed by atoms with Gasteiger partial charge in [-0.3, -0.25) is 4.79 Å². The number of amides is 1. The Balaban J connectivity index is 2.13. The van der Waals surface area contributed by atoms with Gasteiger partial charge in [0.15, 0.2) is 0 Å². The molecule has 0 unspecified atom stereocenters. The van der Waals surface area contributed by atoms with E-state index >= 15 is 0 Å². The predicted octanol–water partition coefficient (Wildman–Crippen LogP) is 3.58. The number of hydrogen-bond donors (Lipinski definition) is 1. The number of rotatable bonds is 6. The third kappa shape index (κ3) is 4.71. The second-order valence-corrected chi connectivity index (χ2v) is 6.68. The highest BCUT2D eigenvalue weighted by atomic mass is 35.5. The second kappa shape index (κ2) is 8.32. The Morgan fingerprint density at radius 1 is 1.12 bits per heavy atom. The fourth-order valence-corrected chi connectivity index (χ4v) is 2.83. The highest BCUT2D eigenvalue weighted by molar-refractivity contribution is 6.33. The SMILES string of the molecule is CN(C)c1ccc([C@H](CNC(=O)c2c(F)cccc2Cl)N(C)C)cc1. The minimum absolute atomic E-state index is 0.0364. The minimum Gasteiger partial charge on any atom is -0.378 e. The Kier molecular flexibility index (Phi) is 6.39. The molecule has 0 spiro atoms. The third-order valence-electron chi connectivity index (χ3n) is 4.06. The van der Waals surface area contributed by atoms with Crippen molar-refractivity contribution < 1.29 is 9.18 Å². The highest BCUT2D eigenvalue weighted by Gasteiger charge is 2.19. The van der Waals surface area contributed by atoms with Crippen molar-refractivity contribution in [1.29, 1.82) is 0 Å². The molecule has 0 saturated carbocycles. The Morgan fingerprint density at radius 3 is 2.28 bits per heavy atom. The van der Waals surface area contributed by atoms with Crippen LogP contribution in [0.1, 0.15) is 22.0 Å². The maximum Gasteiger partial charge on any atom is 0.255 e. The van der Waals surface area contributed by atoms with Gasteiger partial charge in [0.1, 0.15) is 5.82 Å². The first-order chi connectivity index (χ1) is 11.8. The van der Waals surface area contributed by atoms with Gasteiger partial charge in [0, 0.05) is 26.3 Å². The predicted molar refractivity (Wildman–Crippen MR) is 101 cm³/mol. The number of carbonyl (C=O) groups is 1. The van der Waals surface area contributed by atoms with Crippen molar-refractivity contribution >= 4 is 23.2 Å². The van der Waals surface area contributed by atoms with Crippen molar-refractivity contribution in [3.63, 3.8) is 0 Å². The van der Waals surface area contributed by atoms with Crippen LogP contribution in [0.2, 0.25) is 5.02 Å². The molecule has 25 heavy (non-hydrogen) atoms. The summed E-state index contributed by atoms with van der Waals surface area (Å²) in [6, 6.07) is 12.3. The molecule has 0 heterocycles. The summed E-state index contributed by atoms with van der Waals surface area (Å²) in [7, 11) is 7.84. The zero-order chi connectivity index (χ0) is 18.6. The summed E-state index contributed by atoms with van der Waals surface area (Å²) >= 11 is 5.95. The molecular formula is C19H23ClFN3O. The number of likely N-dealkylation sites (N-methyl/N-ethyl adjacent to an activating group) is 1. The highest BCUT2D eigenvalue weighted by Crippen LogP contribution is 2.22. The van der Waals surface area contributed by atoms with Crippen molar-refractivity contribution in [1.82, 2.24) is 10.2 Å². The minimum atomic E-state index is -0.623. The summed E-state index contributed by atoms with van der Waals surface area (Å²) < 4.78 is 13.9. The topological polar surface area (TPSA) is 35.6 Å². The van der Waals surface area contributed by atoms with Crippen LogP contribution >= 0.6 is 11.6 Å². The van der Waals surface area contributed by atoms with E-state index < -0.39 is 11.7 Å². The molecule has 134 valence electrons. The molecule has 1 atom stereocenters. The van der Waals surface area contributed by atoms with Gasteiger partial charge in [0.2, 0.25) is 0 Å². The molecule has 2 aromatic carbocycles. The maximum absolute atomic E-state index is 13.9. The molecule has 0 aromatic heterocycles. The molecule has 2 rings (SSSR count). The summed E-state index contributed by atoms with van der Waals surface area (Å²) in [6.07, 6.45) is 0. The lowest BCUT2D eigenvalue weighted by atomic mass is 10.0. The molecule has 4 nitrogen and oxygen atoms in total. The first kappa shape index (κ1) is 19.2. The second-order valence-electron chi connectivity index (χ2n) is 6.27. The Bertz CT molecular complexity index is 712. The third-order valence-corrected chi connectivity index (χ3v) is 4.38. The molecule has 0 saturated heterocycles. The van der Waals surface area contributed by atoms with Crippen LogP contribution in [0.25, 0.3) is 0 Å². The summed E-state index contributed by atoms with van der Waals surface area (Å²) in [5, 5.41) is 2.89. The van der Waals surface area contributed by atoms with E-state index in [-0.39, 0.29) is 16.6 Å². The number of benzene rings is 2. The van der Waals surface area contributed by atoms with Crippen molar-refractivity contribution in [3.05, 3.63) is 64.4 Å². The summed E-state index contributed by atoms with van der Waals surface area (Å²) in [5.41, 5.74) is 2.04. The molecule has 6 heteroatoms. The molecule has 0 aliphatic heterocycles. The summed E-state index contributed by atoms with van der Waals surface area (Å²) in [6.45, 7) is 0.345. The molecule has 0 aliphatic rings. The molecule has 1 N–H and O–H groups in total. The van der Waals surface area contributed by atoms with Gasteiger partial charge in [-0.2, -0.15) is 0 Å². The lowest BCUT2D eigenvalue weighted by molar-refractivity contribution is 0.0938. The zero-order valence-electron chi connectivity index (χ0n) is 14.9. The molecule has 0 fully saturated rings. The number of nitrogens with one attached hydrogen (secondary N) is 1. The summed E-state index contributed by atoms with van der Waals surface area (Å²) in [4.78, 5) is 16.4. The van der Waals surface area contributed by atoms with E-state index in [9.17, 15) is 9.18 Å². The van der Waals surface area contributed by atoms with Crippen LogP contribution in [0.4, 0.5) is 10.1 Å². The van der Waals surface area contributed by atoms with E-state index in [1.54, 1.807) is 0 Å². The van der Waals surface area contributed by atoms with Gasteiger partial charge in [-0.15, -0.1) is 0 Å². The van der Waals surface area contributed by atoms with Crippen LogP contribution in [-0.4, -0.2) is 45.5 Å². The van der Waals surface area contributed by atoms with Gasteiger partial charge in [0.25, 0.3) is 5.91 Å². The molecular weight excluding hydrogens is 341 g/mol. The standard InChI is InChI=1S/C19H23ClFN3O/c1-23(2)14-10-8-13(9-11-14)17(24(3)4)12-22-19(25)18-15(20)6-5-7-16(18)21/h5-11,17H,12H2,1-4H3,(H,22,25)/t17-/m0/s1. The lowest BCUT2D eigenvalue weighted by Gasteiger charge is -2.26. The monoisotopic (exact) mass is 363 g/mol. The number of nitrogens with zero attached hydrogens (tertiary/aromatic N) is 2. The van der Waals surface area contributed by atoms with Crippen LogP contribution in [-0.2, 0) is 0 Å². The van der Waals surface area contributed by atoms with E-state index in [4.69, 9.17) is 11.6 Å². The number of anilines is 1. The van der Waals surface area contributed by atoms with E-state index in [0.29, 0.717) is 6.54 Å². The lowest BCUT2D eigenvalue weighted by Crippen LogP contribution is -2.35. The maximum atomic E-state index is 13.9. The van der Waals surface area contributed by atoms with Gasteiger partial charge in [-0.05, 0) is 43.9 Å². The molecule has 2 aromatic rings. The quantitative estimate of drug-likeness (QED) is 0.852. The van der Waals surface area contributed by atoms with E-state index in [2.05, 4.69) is 5.32 Å². The average Bonchev–Trinajstić information content (AvgIpc) is 2.55. The average molecular weight is 364 g/mol. The molecule has 1 amide bonds. The Hall–Kier alpha value is -2.11. The molecule has 0 aliphatic carbocycles. The van der Waals surface area contributed by atoms with Crippen LogP contribution in [0.3, 0.4) is 0 Å². The van der Waals surface area contributed by atoms with Gasteiger partial charge >= 0.3 is 0 Å². The van der Waals surface area contributed by atoms with Gasteiger partial charge < -0.3 is 15.1 Å². The molecule has 0 radical (unpaired) electrons. The van der Waals surface area contributed by atoms with Crippen LogP contribution in [0.5, 0.6) is 0 Å². The van der Waals surface area contributed by atoms with Crippen LogP contribution in [0, 0.1) is 5.82 Å². The van der Waals surface area contributed by atoms with Crippen molar-refractivity contribution in [3.8, 4) is 0 Å². The normalized spacial score (nSPS) is 12.1. The Labute approximate surface area is 153 Å². The smallest absolute Gasteiger partial charge is 0.255 e. The van der Waals surface area contributed by atoms with Crippen LogP contribution in [0.15, 0.2) is 42.5 Å². The first-order valence-corrected chi connectivity index (χ1v) is 8.35. The van der Waals surface area contributed by atoms with Crippen molar-refractivity contribution in [2.45, 2.75) is 6.04 Å². The summed E-state index contributed by atoms with van der Waals surface area (Å²) in [5.74, 6) is -1.14. The van der Waals surface area contributed by atoms with Gasteiger partial charge in [0.05, 0.1) is 16.6 Å². The first-order valence-electron chi connectivity index (χ1n) is 7.97. The fraction of sp³-hybridized carbons (Fsp3) is 0.316.